The first kappa shape index (κ1) is 15.9. The second-order valence-corrected chi connectivity index (χ2v) is 5.34. The van der Waals surface area contributed by atoms with Gasteiger partial charge in [-0.1, -0.05) is 12.1 Å². The van der Waals surface area contributed by atoms with Crippen molar-refractivity contribution >= 4 is 11.6 Å². The van der Waals surface area contributed by atoms with E-state index in [0.29, 0.717) is 11.4 Å². The molecule has 1 amide bonds. The second-order valence-electron chi connectivity index (χ2n) is 5.34. The fourth-order valence-electron chi connectivity index (χ4n) is 1.94. The van der Waals surface area contributed by atoms with E-state index in [0.717, 1.165) is 11.3 Å². The molecule has 0 bridgehead atoms. The highest BCUT2D eigenvalue weighted by atomic mass is 16.5. The number of hydrogen-bond donors (Lipinski definition) is 1. The number of rotatable bonds is 6. The van der Waals surface area contributed by atoms with Gasteiger partial charge in [-0.05, 0) is 62.7 Å². The Labute approximate surface area is 131 Å². The van der Waals surface area contributed by atoms with Crippen LogP contribution < -0.4 is 14.8 Å². The van der Waals surface area contributed by atoms with E-state index in [4.69, 9.17) is 9.47 Å². The van der Waals surface area contributed by atoms with E-state index in [1.807, 2.05) is 69.3 Å². The Kier molecular flexibility index (Phi) is 5.42. The summed E-state index contributed by atoms with van der Waals surface area (Å²) < 4.78 is 11.0. The lowest BCUT2D eigenvalue weighted by molar-refractivity contribution is -0.118. The number of ether oxygens (including phenoxy) is 2. The number of carbonyl (C=O) groups is 1. The van der Waals surface area contributed by atoms with Crippen molar-refractivity contribution in [3.05, 3.63) is 54.1 Å². The summed E-state index contributed by atoms with van der Waals surface area (Å²) in [6, 6.07) is 14.9. The van der Waals surface area contributed by atoms with Crippen molar-refractivity contribution in [3.63, 3.8) is 0 Å². The summed E-state index contributed by atoms with van der Waals surface area (Å²) in [5, 5.41) is 2.79. The highest BCUT2D eigenvalue weighted by molar-refractivity contribution is 5.91. The zero-order valence-corrected chi connectivity index (χ0v) is 13.1. The van der Waals surface area contributed by atoms with Gasteiger partial charge in [0.1, 0.15) is 11.5 Å². The molecule has 1 N–H and O–H groups in total. The Balaban J connectivity index is 1.84. The van der Waals surface area contributed by atoms with E-state index < -0.39 is 0 Å². The molecule has 4 nitrogen and oxygen atoms in total. The highest BCUT2D eigenvalue weighted by Gasteiger charge is 2.05. The molecule has 4 heteroatoms. The predicted molar refractivity (Wildman–Crippen MR) is 87.5 cm³/mol. The normalized spacial score (nSPS) is 10.4. The molecule has 0 aromatic heterocycles. The standard InChI is InChI=1S/C18H21NO3/c1-13(2)22-16-9-7-15(8-10-16)19-18(20)12-21-17-6-4-5-14(3)11-17/h4-11,13H,12H2,1-3H3,(H,19,20). The summed E-state index contributed by atoms with van der Waals surface area (Å²) in [4.78, 5) is 11.9. The van der Waals surface area contributed by atoms with E-state index in [9.17, 15) is 4.79 Å². The van der Waals surface area contributed by atoms with Gasteiger partial charge in [0.25, 0.3) is 5.91 Å². The molecule has 0 fully saturated rings. The van der Waals surface area contributed by atoms with Crippen LogP contribution in [0.1, 0.15) is 19.4 Å². The van der Waals surface area contributed by atoms with Gasteiger partial charge in [-0.25, -0.2) is 0 Å². The summed E-state index contributed by atoms with van der Waals surface area (Å²) in [7, 11) is 0. The van der Waals surface area contributed by atoms with Crippen LogP contribution in [0.5, 0.6) is 11.5 Å². The van der Waals surface area contributed by atoms with Gasteiger partial charge < -0.3 is 14.8 Å². The zero-order valence-electron chi connectivity index (χ0n) is 13.1. The van der Waals surface area contributed by atoms with Crippen LogP contribution >= 0.6 is 0 Å². The molecule has 0 aliphatic carbocycles. The molecule has 0 saturated carbocycles. The maximum atomic E-state index is 11.9. The molecular weight excluding hydrogens is 278 g/mol. The van der Waals surface area contributed by atoms with Crippen molar-refractivity contribution in [2.45, 2.75) is 26.9 Å². The van der Waals surface area contributed by atoms with E-state index >= 15 is 0 Å². The van der Waals surface area contributed by atoms with Crippen molar-refractivity contribution in [1.29, 1.82) is 0 Å². The van der Waals surface area contributed by atoms with Gasteiger partial charge in [-0.15, -0.1) is 0 Å². The van der Waals surface area contributed by atoms with E-state index in [1.54, 1.807) is 0 Å². The molecular formula is C18H21NO3. The molecule has 0 radical (unpaired) electrons. The summed E-state index contributed by atoms with van der Waals surface area (Å²) in [5.41, 5.74) is 1.81. The Hall–Kier alpha value is -2.49. The third-order valence-electron chi connectivity index (χ3n) is 2.87. The van der Waals surface area contributed by atoms with Gasteiger partial charge in [0.15, 0.2) is 6.61 Å². The second kappa shape index (κ2) is 7.50. The van der Waals surface area contributed by atoms with Crippen molar-refractivity contribution in [2.75, 3.05) is 11.9 Å². The number of anilines is 1. The topological polar surface area (TPSA) is 47.6 Å². The maximum absolute atomic E-state index is 11.9. The van der Waals surface area contributed by atoms with Crippen LogP contribution in [0.3, 0.4) is 0 Å². The van der Waals surface area contributed by atoms with Crippen LogP contribution in [-0.2, 0) is 4.79 Å². The van der Waals surface area contributed by atoms with Crippen LogP contribution in [0.4, 0.5) is 5.69 Å². The van der Waals surface area contributed by atoms with Gasteiger partial charge in [-0.2, -0.15) is 0 Å². The minimum atomic E-state index is -0.195. The van der Waals surface area contributed by atoms with Crippen LogP contribution in [-0.4, -0.2) is 18.6 Å². The molecule has 22 heavy (non-hydrogen) atoms. The SMILES string of the molecule is Cc1cccc(OCC(=O)Nc2ccc(OC(C)C)cc2)c1. The molecule has 0 atom stereocenters. The number of amides is 1. The van der Waals surface area contributed by atoms with Crippen molar-refractivity contribution in [1.82, 2.24) is 0 Å². The average molecular weight is 299 g/mol. The molecule has 0 saturated heterocycles. The average Bonchev–Trinajstić information content (AvgIpc) is 2.47. The minimum Gasteiger partial charge on any atom is -0.491 e. The fourth-order valence-corrected chi connectivity index (χ4v) is 1.94. The lowest BCUT2D eigenvalue weighted by atomic mass is 10.2. The van der Waals surface area contributed by atoms with E-state index in [-0.39, 0.29) is 18.6 Å². The Morgan fingerprint density at radius 3 is 2.45 bits per heavy atom. The summed E-state index contributed by atoms with van der Waals surface area (Å²) in [6.45, 7) is 5.90. The van der Waals surface area contributed by atoms with Gasteiger partial charge in [0.05, 0.1) is 6.10 Å². The largest absolute Gasteiger partial charge is 0.491 e. The first-order chi connectivity index (χ1) is 10.5. The van der Waals surface area contributed by atoms with Crippen LogP contribution in [0.15, 0.2) is 48.5 Å². The monoisotopic (exact) mass is 299 g/mol. The molecule has 2 rings (SSSR count). The van der Waals surface area contributed by atoms with Crippen LogP contribution in [0.2, 0.25) is 0 Å². The van der Waals surface area contributed by atoms with Crippen LogP contribution in [0.25, 0.3) is 0 Å². The van der Waals surface area contributed by atoms with Crippen molar-refractivity contribution in [3.8, 4) is 11.5 Å². The quantitative estimate of drug-likeness (QED) is 0.882. The molecule has 2 aromatic rings. The van der Waals surface area contributed by atoms with Crippen LogP contribution in [0, 0.1) is 6.92 Å². The van der Waals surface area contributed by atoms with Crippen molar-refractivity contribution < 1.29 is 14.3 Å². The number of aryl methyl sites for hydroxylation is 1. The third-order valence-corrected chi connectivity index (χ3v) is 2.87. The summed E-state index contributed by atoms with van der Waals surface area (Å²) in [5.74, 6) is 1.28. The van der Waals surface area contributed by atoms with E-state index in [1.165, 1.54) is 0 Å². The van der Waals surface area contributed by atoms with Gasteiger partial charge in [-0.3, -0.25) is 4.79 Å². The molecule has 0 heterocycles. The number of carbonyl (C=O) groups excluding carboxylic acids is 1. The lowest BCUT2D eigenvalue weighted by Crippen LogP contribution is -2.20. The molecule has 0 unspecified atom stereocenters. The molecule has 0 aliphatic rings. The van der Waals surface area contributed by atoms with Gasteiger partial charge in [0.2, 0.25) is 0 Å². The molecule has 2 aromatic carbocycles. The molecule has 0 spiro atoms. The first-order valence-corrected chi connectivity index (χ1v) is 7.29. The summed E-state index contributed by atoms with van der Waals surface area (Å²) in [6.07, 6.45) is 0.128. The minimum absolute atomic E-state index is 0.0201. The lowest BCUT2D eigenvalue weighted by Gasteiger charge is -2.11. The van der Waals surface area contributed by atoms with Gasteiger partial charge in [0, 0.05) is 5.69 Å². The van der Waals surface area contributed by atoms with E-state index in [2.05, 4.69) is 5.32 Å². The zero-order chi connectivity index (χ0) is 15.9. The molecule has 0 aliphatic heterocycles. The summed E-state index contributed by atoms with van der Waals surface area (Å²) >= 11 is 0. The van der Waals surface area contributed by atoms with Crippen molar-refractivity contribution in [2.24, 2.45) is 0 Å². The maximum Gasteiger partial charge on any atom is 0.262 e. The fraction of sp³-hybridized carbons (Fsp3) is 0.278. The third kappa shape index (κ3) is 5.13. The predicted octanol–water partition coefficient (Wildman–Crippen LogP) is 3.80. The first-order valence-electron chi connectivity index (χ1n) is 7.29. The number of benzene rings is 2. The smallest absolute Gasteiger partial charge is 0.262 e. The number of nitrogens with one attached hydrogen (secondary N) is 1. The Morgan fingerprint density at radius 1 is 1.09 bits per heavy atom. The molecule has 116 valence electrons. The van der Waals surface area contributed by atoms with Gasteiger partial charge >= 0.3 is 0 Å². The highest BCUT2D eigenvalue weighted by Crippen LogP contribution is 2.17. The Morgan fingerprint density at radius 2 is 1.82 bits per heavy atom. The Bertz CT molecular complexity index is 620. The number of hydrogen-bond acceptors (Lipinski definition) is 3.